The largest absolute Gasteiger partial charge is 0.496 e. The van der Waals surface area contributed by atoms with E-state index in [2.05, 4.69) is 57.8 Å². The Hall–Kier alpha value is -3.34. The number of hydrogen-bond acceptors (Lipinski definition) is 5. The number of carbonyl (C=O) groups is 1. The fourth-order valence-electron chi connectivity index (χ4n) is 7.41. The number of methoxy groups -OCH3 is 1. The van der Waals surface area contributed by atoms with E-state index in [4.69, 9.17) is 4.74 Å². The second-order valence-corrected chi connectivity index (χ2v) is 12.3. The van der Waals surface area contributed by atoms with Crippen molar-refractivity contribution in [1.29, 1.82) is 5.26 Å². The molecule has 0 bridgehead atoms. The summed E-state index contributed by atoms with van der Waals surface area (Å²) in [5, 5.41) is 17.2. The second-order valence-electron chi connectivity index (χ2n) is 12.3. The van der Waals surface area contributed by atoms with Crippen molar-refractivity contribution >= 4 is 16.8 Å². The number of H-pyrrole nitrogens is 1. The van der Waals surface area contributed by atoms with Crippen LogP contribution in [0.25, 0.3) is 10.9 Å². The summed E-state index contributed by atoms with van der Waals surface area (Å²) in [5.74, 6) is 1.69. The molecule has 40 heavy (non-hydrogen) atoms. The minimum Gasteiger partial charge on any atom is -0.496 e. The molecule has 0 unspecified atom stereocenters. The molecular weight excluding hydrogens is 498 g/mol. The smallest absolute Gasteiger partial charge is 0.251 e. The number of carbonyl (C=O) groups excluding carboxylic acids is 1. The predicted molar refractivity (Wildman–Crippen MR) is 157 cm³/mol. The number of nitrogens with zero attached hydrogens (tertiary/aromatic N) is 2. The van der Waals surface area contributed by atoms with Gasteiger partial charge in [0.1, 0.15) is 5.75 Å². The van der Waals surface area contributed by atoms with Crippen LogP contribution in [0.1, 0.15) is 71.6 Å². The molecule has 2 aromatic carbocycles. The maximum Gasteiger partial charge on any atom is 0.251 e. The molecular formula is C33H41N5O2. The number of nitriles is 1. The molecule has 1 aromatic heterocycles. The summed E-state index contributed by atoms with van der Waals surface area (Å²) in [6.45, 7) is 6.70. The first kappa shape index (κ1) is 26.9. The minimum atomic E-state index is 0.0112. The molecule has 0 radical (unpaired) electrons. The molecule has 210 valence electrons. The molecule has 6 rings (SSSR count). The summed E-state index contributed by atoms with van der Waals surface area (Å²) >= 11 is 0. The Bertz CT molecular complexity index is 1390. The Balaban J connectivity index is 1.23. The summed E-state index contributed by atoms with van der Waals surface area (Å²) in [4.78, 5) is 18.9. The van der Waals surface area contributed by atoms with Crippen molar-refractivity contribution in [3.8, 4) is 11.8 Å². The predicted octanol–water partition coefficient (Wildman–Crippen LogP) is 5.47. The van der Waals surface area contributed by atoms with Gasteiger partial charge in [0.05, 0.1) is 13.2 Å². The maximum atomic E-state index is 12.9. The average Bonchev–Trinajstić information content (AvgIpc) is 3.48. The van der Waals surface area contributed by atoms with Crippen LogP contribution in [0.2, 0.25) is 0 Å². The third-order valence-corrected chi connectivity index (χ3v) is 9.80. The molecule has 7 heteroatoms. The molecule has 7 nitrogen and oxygen atoms in total. The van der Waals surface area contributed by atoms with Gasteiger partial charge in [-0.05, 0) is 112 Å². The highest BCUT2D eigenvalue weighted by atomic mass is 16.5. The molecule has 3 aliphatic rings. The lowest BCUT2D eigenvalue weighted by molar-refractivity contribution is -0.0298. The summed E-state index contributed by atoms with van der Waals surface area (Å²) < 4.78 is 5.87. The number of fused-ring (bicyclic) bond motifs is 1. The second kappa shape index (κ2) is 11.3. The van der Waals surface area contributed by atoms with Gasteiger partial charge in [-0.25, -0.2) is 0 Å². The van der Waals surface area contributed by atoms with Gasteiger partial charge < -0.3 is 20.4 Å². The Morgan fingerprint density at radius 1 is 1.18 bits per heavy atom. The van der Waals surface area contributed by atoms with E-state index in [1.807, 2.05) is 18.3 Å². The van der Waals surface area contributed by atoms with Gasteiger partial charge >= 0.3 is 0 Å². The number of amides is 1. The maximum absolute atomic E-state index is 12.9. The molecule has 3 fully saturated rings. The number of ether oxygens (including phenoxy) is 1. The Morgan fingerprint density at radius 2 is 1.95 bits per heavy atom. The molecule has 1 amide bonds. The molecule has 1 saturated carbocycles. The van der Waals surface area contributed by atoms with Gasteiger partial charge in [-0.1, -0.05) is 12.1 Å². The van der Waals surface area contributed by atoms with Crippen molar-refractivity contribution in [2.75, 3.05) is 33.3 Å². The number of aromatic nitrogens is 1. The number of aromatic amines is 1. The molecule has 3 aromatic rings. The third kappa shape index (κ3) is 5.23. The summed E-state index contributed by atoms with van der Waals surface area (Å²) in [6.07, 6.45) is 8.40. The van der Waals surface area contributed by atoms with Crippen LogP contribution in [0.3, 0.4) is 0 Å². The van der Waals surface area contributed by atoms with Crippen LogP contribution in [-0.4, -0.2) is 49.1 Å². The van der Waals surface area contributed by atoms with Gasteiger partial charge in [0, 0.05) is 53.3 Å². The number of benzene rings is 2. The van der Waals surface area contributed by atoms with E-state index in [1.54, 1.807) is 7.11 Å². The molecule has 3 heterocycles. The molecule has 1 atom stereocenters. The van der Waals surface area contributed by atoms with Crippen LogP contribution in [-0.2, 0) is 6.54 Å². The van der Waals surface area contributed by atoms with Crippen molar-refractivity contribution in [3.63, 3.8) is 0 Å². The SMILES string of the molecule is COc1cc(C)c2[nH]ccc2c1CN1CCC2(CC(C#N)C2)C[C@H]1c1ccc(C(=O)NCC2CCNCC2)cc1. The topological polar surface area (TPSA) is 93.2 Å². The van der Waals surface area contributed by atoms with E-state index in [1.165, 1.54) is 22.1 Å². The van der Waals surface area contributed by atoms with Gasteiger partial charge in [-0.2, -0.15) is 5.26 Å². The number of aryl methyl sites for hydroxylation is 1. The van der Waals surface area contributed by atoms with E-state index in [9.17, 15) is 10.1 Å². The van der Waals surface area contributed by atoms with Gasteiger partial charge in [0.2, 0.25) is 0 Å². The van der Waals surface area contributed by atoms with Gasteiger partial charge in [-0.3, -0.25) is 9.69 Å². The molecule has 2 saturated heterocycles. The molecule has 3 N–H and O–H groups in total. The van der Waals surface area contributed by atoms with Gasteiger partial charge in [-0.15, -0.1) is 0 Å². The lowest BCUT2D eigenvalue weighted by atomic mass is 9.56. The highest BCUT2D eigenvalue weighted by Crippen LogP contribution is 2.56. The zero-order valence-electron chi connectivity index (χ0n) is 23.8. The van der Waals surface area contributed by atoms with E-state index >= 15 is 0 Å². The van der Waals surface area contributed by atoms with Crippen LogP contribution in [0.15, 0.2) is 42.6 Å². The fraction of sp³-hybridized carbons (Fsp3) is 0.515. The standard InChI is InChI=1S/C33H41N5O2/c1-22-15-30(40-2)28(27-9-13-36-31(22)27)21-38-14-10-33(16-24(17-33)19-34)18-29(38)25-3-5-26(6-4-25)32(39)37-20-23-7-11-35-12-8-23/h3-6,9,13,15,23-24,29,35-36H,7-8,10-12,14,16-18,20-21H2,1-2H3,(H,37,39)/t24?,29-,33?/m0/s1. The Morgan fingerprint density at radius 3 is 2.67 bits per heavy atom. The average molecular weight is 540 g/mol. The number of rotatable bonds is 7. The lowest BCUT2D eigenvalue weighted by Crippen LogP contribution is -2.48. The van der Waals surface area contributed by atoms with Crippen molar-refractivity contribution in [1.82, 2.24) is 20.5 Å². The molecule has 1 aliphatic carbocycles. The van der Waals surface area contributed by atoms with Crippen LogP contribution in [0.4, 0.5) is 0 Å². The first-order chi connectivity index (χ1) is 19.5. The first-order valence-electron chi connectivity index (χ1n) is 14.8. The van der Waals surface area contributed by atoms with Crippen LogP contribution in [0.5, 0.6) is 5.75 Å². The number of nitrogens with one attached hydrogen (secondary N) is 3. The van der Waals surface area contributed by atoms with E-state index in [-0.39, 0.29) is 23.3 Å². The van der Waals surface area contributed by atoms with Crippen molar-refractivity contribution < 1.29 is 9.53 Å². The Kier molecular flexibility index (Phi) is 7.57. The highest BCUT2D eigenvalue weighted by Gasteiger charge is 2.49. The fourth-order valence-corrected chi connectivity index (χ4v) is 7.41. The summed E-state index contributed by atoms with van der Waals surface area (Å²) in [7, 11) is 1.75. The number of hydrogen-bond donors (Lipinski definition) is 3. The van der Waals surface area contributed by atoms with E-state index in [0.29, 0.717) is 5.92 Å². The zero-order valence-corrected chi connectivity index (χ0v) is 23.8. The third-order valence-electron chi connectivity index (χ3n) is 9.80. The van der Waals surface area contributed by atoms with Crippen LogP contribution in [0, 0.1) is 35.5 Å². The normalized spacial score (nSPS) is 25.4. The number of likely N-dealkylation sites (tertiary alicyclic amines) is 1. The van der Waals surface area contributed by atoms with E-state index in [0.717, 1.165) is 88.1 Å². The van der Waals surface area contributed by atoms with Crippen molar-refractivity contribution in [3.05, 3.63) is 64.8 Å². The molecule has 1 spiro atoms. The summed E-state index contributed by atoms with van der Waals surface area (Å²) in [5.41, 5.74) is 5.76. The van der Waals surface area contributed by atoms with Crippen LogP contribution < -0.4 is 15.4 Å². The van der Waals surface area contributed by atoms with Crippen molar-refractivity contribution in [2.45, 2.75) is 58.0 Å². The van der Waals surface area contributed by atoms with Crippen molar-refractivity contribution in [2.24, 2.45) is 17.3 Å². The van der Waals surface area contributed by atoms with Crippen LogP contribution >= 0.6 is 0 Å². The monoisotopic (exact) mass is 539 g/mol. The van der Waals surface area contributed by atoms with E-state index < -0.39 is 0 Å². The number of piperidine rings is 2. The first-order valence-corrected chi connectivity index (χ1v) is 14.8. The lowest BCUT2D eigenvalue weighted by Gasteiger charge is -2.53. The van der Waals surface area contributed by atoms with Gasteiger partial charge in [0.15, 0.2) is 0 Å². The quantitative estimate of drug-likeness (QED) is 0.370. The van der Waals surface area contributed by atoms with Gasteiger partial charge in [0.25, 0.3) is 5.91 Å². The Labute approximate surface area is 237 Å². The highest BCUT2D eigenvalue weighted by molar-refractivity contribution is 5.94. The summed E-state index contributed by atoms with van der Waals surface area (Å²) in [6, 6.07) is 15.3. The zero-order chi connectivity index (χ0) is 27.7. The molecule has 2 aliphatic heterocycles. The minimum absolute atomic E-state index is 0.0112.